The van der Waals surface area contributed by atoms with Gasteiger partial charge in [-0.15, -0.1) is 11.3 Å². The third-order valence-corrected chi connectivity index (χ3v) is 5.35. The van der Waals surface area contributed by atoms with E-state index in [-0.39, 0.29) is 4.21 Å². The highest BCUT2D eigenvalue weighted by Gasteiger charge is 2.21. The molecule has 1 heterocycles. The molecule has 0 saturated heterocycles. The lowest BCUT2D eigenvalue weighted by atomic mass is 10.2. The molecule has 0 radical (unpaired) electrons. The van der Waals surface area contributed by atoms with Crippen molar-refractivity contribution in [1.29, 1.82) is 0 Å². The van der Waals surface area contributed by atoms with E-state index in [1.807, 2.05) is 6.92 Å². The molecular formula is C9H14BrNO3S2. The van der Waals surface area contributed by atoms with E-state index in [2.05, 4.69) is 20.8 Å². The van der Waals surface area contributed by atoms with E-state index in [0.717, 1.165) is 20.7 Å². The highest BCUT2D eigenvalue weighted by Crippen LogP contribution is 2.30. The van der Waals surface area contributed by atoms with Crippen molar-refractivity contribution in [3.63, 3.8) is 0 Å². The molecule has 0 fully saturated rings. The van der Waals surface area contributed by atoms with E-state index in [9.17, 15) is 8.42 Å². The Balaban J connectivity index is 2.87. The van der Waals surface area contributed by atoms with E-state index in [1.54, 1.807) is 26.8 Å². The van der Waals surface area contributed by atoms with Crippen LogP contribution in [0.4, 0.5) is 0 Å². The van der Waals surface area contributed by atoms with Gasteiger partial charge in [-0.3, -0.25) is 4.84 Å². The summed E-state index contributed by atoms with van der Waals surface area (Å²) in [6, 6.07) is 1.60. The number of rotatable bonds is 3. The van der Waals surface area contributed by atoms with Crippen molar-refractivity contribution in [2.75, 3.05) is 0 Å². The molecule has 1 N–H and O–H groups in total. The molecule has 0 aliphatic heterocycles. The zero-order valence-corrected chi connectivity index (χ0v) is 12.7. The van der Waals surface area contributed by atoms with Gasteiger partial charge in [0.25, 0.3) is 10.0 Å². The summed E-state index contributed by atoms with van der Waals surface area (Å²) in [6.07, 6.45) is 0. The van der Waals surface area contributed by atoms with E-state index in [0.29, 0.717) is 0 Å². The average molecular weight is 328 g/mol. The van der Waals surface area contributed by atoms with Crippen LogP contribution in [0.1, 0.15) is 26.3 Å². The number of aryl methyl sites for hydroxylation is 1. The lowest BCUT2D eigenvalue weighted by Gasteiger charge is -2.18. The Morgan fingerprint density at radius 3 is 2.38 bits per heavy atom. The molecule has 1 rings (SSSR count). The highest BCUT2D eigenvalue weighted by atomic mass is 79.9. The Bertz CT molecular complexity index is 454. The molecular weight excluding hydrogens is 314 g/mol. The second-order valence-corrected chi connectivity index (χ2v) is 8.57. The maximum atomic E-state index is 11.8. The summed E-state index contributed by atoms with van der Waals surface area (Å²) in [5.41, 5.74) is 0.331. The van der Waals surface area contributed by atoms with Gasteiger partial charge in [0.05, 0.1) is 9.39 Å². The SMILES string of the molecule is Cc1cc(S(=O)(=O)NOC(C)(C)C)sc1Br. The summed E-state index contributed by atoms with van der Waals surface area (Å²) < 4.78 is 24.6. The van der Waals surface area contributed by atoms with Gasteiger partial charge < -0.3 is 0 Å². The second-order valence-electron chi connectivity index (χ2n) is 4.32. The van der Waals surface area contributed by atoms with Crippen molar-refractivity contribution in [3.05, 3.63) is 15.4 Å². The largest absolute Gasteiger partial charge is 0.281 e. The molecule has 0 unspecified atom stereocenters. The van der Waals surface area contributed by atoms with Gasteiger partial charge in [0.1, 0.15) is 4.21 Å². The Kier molecular flexibility index (Phi) is 4.18. The topological polar surface area (TPSA) is 55.4 Å². The van der Waals surface area contributed by atoms with E-state index in [4.69, 9.17) is 4.84 Å². The van der Waals surface area contributed by atoms with Crippen molar-refractivity contribution >= 4 is 37.3 Å². The van der Waals surface area contributed by atoms with Crippen molar-refractivity contribution in [1.82, 2.24) is 4.89 Å². The molecule has 7 heteroatoms. The van der Waals surface area contributed by atoms with Crippen LogP contribution in [0.2, 0.25) is 0 Å². The van der Waals surface area contributed by atoms with Gasteiger partial charge >= 0.3 is 0 Å². The minimum absolute atomic E-state index is 0.237. The fraction of sp³-hybridized carbons (Fsp3) is 0.556. The maximum absolute atomic E-state index is 11.8. The number of halogens is 1. The van der Waals surface area contributed by atoms with Crippen molar-refractivity contribution in [2.24, 2.45) is 0 Å². The molecule has 1 aromatic rings. The lowest BCUT2D eigenvalue weighted by Crippen LogP contribution is -2.33. The summed E-state index contributed by atoms with van der Waals surface area (Å²) in [7, 11) is -3.58. The molecule has 4 nitrogen and oxygen atoms in total. The van der Waals surface area contributed by atoms with Gasteiger partial charge in [-0.05, 0) is 55.3 Å². The predicted molar refractivity (Wildman–Crippen MR) is 67.9 cm³/mol. The zero-order chi connectivity index (χ0) is 12.6. The van der Waals surface area contributed by atoms with Crippen LogP contribution in [0.15, 0.2) is 14.1 Å². The molecule has 16 heavy (non-hydrogen) atoms. The summed E-state index contributed by atoms with van der Waals surface area (Å²) in [5, 5.41) is 0. The molecule has 0 spiro atoms. The molecule has 0 aromatic carbocycles. The van der Waals surface area contributed by atoms with E-state index in [1.165, 1.54) is 0 Å². The van der Waals surface area contributed by atoms with E-state index >= 15 is 0 Å². The third kappa shape index (κ3) is 3.81. The first-order valence-electron chi connectivity index (χ1n) is 4.57. The highest BCUT2D eigenvalue weighted by molar-refractivity contribution is 9.11. The normalized spacial score (nSPS) is 13.1. The summed E-state index contributed by atoms with van der Waals surface area (Å²) >= 11 is 4.44. The molecule has 0 bridgehead atoms. The molecule has 0 amide bonds. The number of sulfonamides is 1. The van der Waals surface area contributed by atoms with Crippen molar-refractivity contribution < 1.29 is 13.3 Å². The Labute approximate surface area is 108 Å². The van der Waals surface area contributed by atoms with Crippen LogP contribution < -0.4 is 4.89 Å². The number of hydrogen-bond donors (Lipinski definition) is 1. The fourth-order valence-electron chi connectivity index (χ4n) is 0.785. The standard InChI is InChI=1S/C9H14BrNO3S2/c1-6-5-7(15-8(6)10)16(12,13)11-14-9(2,3)4/h5,11H,1-4H3. The minimum atomic E-state index is -3.58. The van der Waals surface area contributed by atoms with Crippen LogP contribution in [-0.2, 0) is 14.9 Å². The predicted octanol–water partition coefficient (Wildman–Crippen LogP) is 2.83. The Morgan fingerprint density at radius 2 is 2.00 bits per heavy atom. The summed E-state index contributed by atoms with van der Waals surface area (Å²) in [4.78, 5) is 7.17. The number of nitrogens with one attached hydrogen (secondary N) is 1. The van der Waals surface area contributed by atoms with Gasteiger partial charge in [0.15, 0.2) is 0 Å². The molecule has 92 valence electrons. The fourth-order valence-corrected chi connectivity index (χ4v) is 3.94. The van der Waals surface area contributed by atoms with Gasteiger partial charge in [0.2, 0.25) is 0 Å². The first kappa shape index (κ1) is 14.1. The third-order valence-electron chi connectivity index (χ3n) is 1.56. The first-order chi connectivity index (χ1) is 7.12. The smallest absolute Gasteiger partial charge is 0.272 e. The van der Waals surface area contributed by atoms with Gasteiger partial charge in [-0.25, -0.2) is 8.42 Å². The van der Waals surface area contributed by atoms with Crippen LogP contribution in [-0.4, -0.2) is 14.0 Å². The van der Waals surface area contributed by atoms with Crippen LogP contribution in [0.25, 0.3) is 0 Å². The van der Waals surface area contributed by atoms with Crippen molar-refractivity contribution in [3.8, 4) is 0 Å². The molecule has 1 aromatic heterocycles. The van der Waals surface area contributed by atoms with Crippen molar-refractivity contribution in [2.45, 2.75) is 37.5 Å². The molecule has 0 aliphatic carbocycles. The van der Waals surface area contributed by atoms with Crippen LogP contribution in [0, 0.1) is 6.92 Å². The van der Waals surface area contributed by atoms with Crippen LogP contribution in [0.5, 0.6) is 0 Å². The monoisotopic (exact) mass is 327 g/mol. The Hall–Kier alpha value is 0.0500. The van der Waals surface area contributed by atoms with E-state index < -0.39 is 15.6 Å². The van der Waals surface area contributed by atoms with Crippen LogP contribution >= 0.6 is 27.3 Å². The summed E-state index contributed by atoms with van der Waals surface area (Å²) in [6.45, 7) is 7.14. The van der Waals surface area contributed by atoms with Gasteiger partial charge in [0, 0.05) is 0 Å². The number of hydrogen-bond acceptors (Lipinski definition) is 4. The summed E-state index contributed by atoms with van der Waals surface area (Å²) in [5.74, 6) is 0. The van der Waals surface area contributed by atoms with Gasteiger partial charge in [-0.2, -0.15) is 0 Å². The second kappa shape index (κ2) is 4.73. The number of thiophene rings is 1. The molecule has 0 saturated carbocycles. The lowest BCUT2D eigenvalue weighted by molar-refractivity contribution is -0.0356. The van der Waals surface area contributed by atoms with Gasteiger partial charge in [-0.1, -0.05) is 4.89 Å². The van der Waals surface area contributed by atoms with Crippen LogP contribution in [0.3, 0.4) is 0 Å². The molecule has 0 aliphatic rings. The quantitative estimate of drug-likeness (QED) is 0.868. The average Bonchev–Trinajstić information content (AvgIpc) is 2.44. The minimum Gasteiger partial charge on any atom is -0.281 e. The first-order valence-corrected chi connectivity index (χ1v) is 7.67. The maximum Gasteiger partial charge on any atom is 0.272 e. The zero-order valence-electron chi connectivity index (χ0n) is 9.50. The Morgan fingerprint density at radius 1 is 1.44 bits per heavy atom. The molecule has 0 atom stereocenters.